The molecule has 2 saturated heterocycles. The molecule has 4 N–H and O–H groups in total. The van der Waals surface area contributed by atoms with E-state index >= 15 is 0 Å². The van der Waals surface area contributed by atoms with Crippen molar-refractivity contribution in [3.63, 3.8) is 0 Å². The molecular formula is C29H45N5O5. The average Bonchev–Trinajstić information content (AvgIpc) is 3.35. The van der Waals surface area contributed by atoms with Crippen molar-refractivity contribution >= 4 is 29.5 Å². The van der Waals surface area contributed by atoms with Gasteiger partial charge in [0, 0.05) is 19.6 Å². The predicted molar refractivity (Wildman–Crippen MR) is 144 cm³/mol. The number of hydrogen-bond acceptors (Lipinski definition) is 5. The fraction of sp³-hybridized carbons (Fsp3) is 0.828. The molecule has 5 amide bonds. The number of nitrogens with one attached hydrogen (secondary N) is 2. The number of carbonyl (C=O) groups is 5. The van der Waals surface area contributed by atoms with E-state index in [0.717, 1.165) is 64.2 Å². The molecule has 0 radical (unpaired) electrons. The number of nitrogens with zero attached hydrogens (tertiary/aromatic N) is 2. The molecule has 10 nitrogen and oxygen atoms in total. The van der Waals surface area contributed by atoms with Gasteiger partial charge in [-0.3, -0.25) is 19.2 Å². The third kappa shape index (κ3) is 5.53. The molecule has 0 aromatic rings. The third-order valence-electron chi connectivity index (χ3n) is 10.5. The fourth-order valence-electron chi connectivity index (χ4n) is 7.71. The highest BCUT2D eigenvalue weighted by Crippen LogP contribution is 2.65. The number of urea groups is 1. The number of ketones is 1. The van der Waals surface area contributed by atoms with Gasteiger partial charge in [0.25, 0.3) is 5.91 Å². The van der Waals surface area contributed by atoms with Crippen LogP contribution in [0.3, 0.4) is 0 Å². The second-order valence-corrected chi connectivity index (χ2v) is 13.2. The fourth-order valence-corrected chi connectivity index (χ4v) is 7.71. The molecule has 0 aromatic carbocycles. The third-order valence-corrected chi connectivity index (χ3v) is 10.5. The Kier molecular flexibility index (Phi) is 7.93. The summed E-state index contributed by atoms with van der Waals surface area (Å²) in [6.45, 7) is 6.06. The first-order valence-corrected chi connectivity index (χ1v) is 15.1. The Bertz CT molecular complexity index is 998. The topological polar surface area (TPSA) is 142 Å². The highest BCUT2D eigenvalue weighted by atomic mass is 16.2. The van der Waals surface area contributed by atoms with Crippen molar-refractivity contribution in [2.45, 2.75) is 103 Å². The molecule has 2 aliphatic heterocycles. The van der Waals surface area contributed by atoms with Crippen molar-refractivity contribution in [1.82, 2.24) is 20.4 Å². The lowest BCUT2D eigenvalue weighted by molar-refractivity contribution is -0.144. The van der Waals surface area contributed by atoms with Crippen LogP contribution in [0.1, 0.15) is 84.5 Å². The van der Waals surface area contributed by atoms with Crippen molar-refractivity contribution in [3.8, 4) is 0 Å². The normalized spacial score (nSPS) is 29.6. The number of hydrogen-bond donors (Lipinski definition) is 3. The van der Waals surface area contributed by atoms with Crippen LogP contribution in [0.15, 0.2) is 0 Å². The largest absolute Gasteiger partial charge is 0.363 e. The van der Waals surface area contributed by atoms with Gasteiger partial charge >= 0.3 is 6.03 Å². The number of amides is 5. The van der Waals surface area contributed by atoms with E-state index in [1.807, 2.05) is 0 Å². The Morgan fingerprint density at radius 1 is 0.897 bits per heavy atom. The van der Waals surface area contributed by atoms with Crippen LogP contribution >= 0.6 is 0 Å². The van der Waals surface area contributed by atoms with E-state index in [1.165, 1.54) is 0 Å². The Balaban J connectivity index is 1.36. The number of likely N-dealkylation sites (tertiary alicyclic amines) is 2. The monoisotopic (exact) mass is 543 g/mol. The van der Waals surface area contributed by atoms with E-state index in [4.69, 9.17) is 5.73 Å². The summed E-state index contributed by atoms with van der Waals surface area (Å²) in [5.41, 5.74) is 5.23. The van der Waals surface area contributed by atoms with Gasteiger partial charge in [-0.1, -0.05) is 52.4 Å². The maximum absolute atomic E-state index is 14.2. The molecule has 1 unspecified atom stereocenters. The lowest BCUT2D eigenvalue weighted by atomic mass is 9.80. The van der Waals surface area contributed by atoms with Crippen LogP contribution in [-0.4, -0.2) is 77.1 Å². The summed E-state index contributed by atoms with van der Waals surface area (Å²) >= 11 is 0. The Hall–Kier alpha value is -2.65. The molecule has 3 saturated carbocycles. The summed E-state index contributed by atoms with van der Waals surface area (Å²) in [6.07, 6.45) is 10.2. The number of Topliss-reactive ketones (excluding diaryl/α,β-unsaturated/α-hetero) is 1. The van der Waals surface area contributed by atoms with Gasteiger partial charge in [-0.2, -0.15) is 0 Å². The highest BCUT2D eigenvalue weighted by molar-refractivity contribution is 6.37. The summed E-state index contributed by atoms with van der Waals surface area (Å²) in [5.74, 6) is -1.97. The number of carbonyl (C=O) groups excluding carboxylic acids is 5. The average molecular weight is 544 g/mol. The van der Waals surface area contributed by atoms with Crippen molar-refractivity contribution < 1.29 is 24.0 Å². The summed E-state index contributed by atoms with van der Waals surface area (Å²) in [7, 11) is 0. The lowest BCUT2D eigenvalue weighted by Crippen LogP contribution is -2.60. The first-order chi connectivity index (χ1) is 18.6. The molecule has 5 fully saturated rings. The van der Waals surface area contributed by atoms with Crippen LogP contribution in [0.4, 0.5) is 4.79 Å². The van der Waals surface area contributed by atoms with Crippen LogP contribution in [0.25, 0.3) is 0 Å². The van der Waals surface area contributed by atoms with Crippen LogP contribution in [0, 0.1) is 29.1 Å². The van der Waals surface area contributed by atoms with E-state index in [9.17, 15) is 24.0 Å². The maximum Gasteiger partial charge on any atom is 0.318 e. The van der Waals surface area contributed by atoms with Crippen LogP contribution in [-0.2, 0) is 19.2 Å². The van der Waals surface area contributed by atoms with E-state index < -0.39 is 35.7 Å². The van der Waals surface area contributed by atoms with Gasteiger partial charge in [-0.25, -0.2) is 4.79 Å². The second kappa shape index (κ2) is 11.1. The highest BCUT2D eigenvalue weighted by Gasteiger charge is 2.69. The minimum absolute atomic E-state index is 0.0317. The van der Waals surface area contributed by atoms with E-state index in [2.05, 4.69) is 24.5 Å². The SMILES string of the molecule is CC1(C)[C@H]2[C@@H](C(=O)NC(CC3CCC3)C(=O)C(N)=O)N(C(=O)[C@@H](NC(=O)N3CCCC3)C3CCCCC3)C[C@H]21. The number of nitrogens with two attached hydrogens (primary N) is 1. The minimum atomic E-state index is -1.05. The zero-order valence-electron chi connectivity index (χ0n) is 23.5. The molecule has 10 heteroatoms. The number of fused-ring (bicyclic) bond motifs is 1. The molecular weight excluding hydrogens is 498 g/mol. The van der Waals surface area contributed by atoms with E-state index in [1.54, 1.807) is 9.80 Å². The quantitative estimate of drug-likeness (QED) is 0.381. The summed E-state index contributed by atoms with van der Waals surface area (Å²) in [6, 6.07) is -2.58. The summed E-state index contributed by atoms with van der Waals surface area (Å²) < 4.78 is 0. The lowest BCUT2D eigenvalue weighted by Gasteiger charge is -2.38. The van der Waals surface area contributed by atoms with Crippen molar-refractivity contribution in [2.24, 2.45) is 34.8 Å². The van der Waals surface area contributed by atoms with Crippen LogP contribution in [0.2, 0.25) is 0 Å². The van der Waals surface area contributed by atoms with E-state index in [0.29, 0.717) is 26.1 Å². The van der Waals surface area contributed by atoms with Gasteiger partial charge in [0.05, 0.1) is 6.04 Å². The van der Waals surface area contributed by atoms with Crippen molar-refractivity contribution in [3.05, 3.63) is 0 Å². The van der Waals surface area contributed by atoms with Gasteiger partial charge in [0.1, 0.15) is 12.1 Å². The molecule has 0 spiro atoms. The van der Waals surface area contributed by atoms with Gasteiger partial charge < -0.3 is 26.2 Å². The Morgan fingerprint density at radius 3 is 2.15 bits per heavy atom. The molecule has 5 rings (SSSR count). The van der Waals surface area contributed by atoms with E-state index in [-0.39, 0.29) is 41.0 Å². The smallest absolute Gasteiger partial charge is 0.318 e. The van der Waals surface area contributed by atoms with Gasteiger partial charge in [-0.05, 0) is 61.2 Å². The van der Waals surface area contributed by atoms with Gasteiger partial charge in [0.15, 0.2) is 0 Å². The first-order valence-electron chi connectivity index (χ1n) is 15.1. The molecule has 39 heavy (non-hydrogen) atoms. The molecule has 3 aliphatic carbocycles. The van der Waals surface area contributed by atoms with Crippen molar-refractivity contribution in [1.29, 1.82) is 0 Å². The number of primary amides is 1. The zero-order chi connectivity index (χ0) is 27.9. The number of rotatable bonds is 9. The van der Waals surface area contributed by atoms with Gasteiger partial charge in [-0.15, -0.1) is 0 Å². The molecule has 5 aliphatic rings. The summed E-state index contributed by atoms with van der Waals surface area (Å²) in [4.78, 5) is 69.0. The standard InChI is InChI=1S/C29H45N5O5/c1-29(2)19-16-34(23(21(19)29)26(37)31-20(24(35)25(30)36)15-17-9-8-10-17)27(38)22(18-11-4-3-5-12-18)32-28(39)33-13-6-7-14-33/h17-23H,3-16H2,1-2H3,(H2,30,36)(H,31,37)(H,32,39)/t19-,20?,21-,22+,23+/m1/s1. The van der Waals surface area contributed by atoms with Gasteiger partial charge in [0.2, 0.25) is 17.6 Å². The second-order valence-electron chi connectivity index (χ2n) is 13.2. The van der Waals surface area contributed by atoms with Crippen molar-refractivity contribution in [2.75, 3.05) is 19.6 Å². The minimum Gasteiger partial charge on any atom is -0.363 e. The number of piperidine rings is 1. The maximum atomic E-state index is 14.2. The molecule has 216 valence electrons. The molecule has 2 heterocycles. The molecule has 0 bridgehead atoms. The predicted octanol–water partition coefficient (Wildman–Crippen LogP) is 1.95. The van der Waals surface area contributed by atoms with Crippen LogP contribution in [0.5, 0.6) is 0 Å². The zero-order valence-corrected chi connectivity index (χ0v) is 23.5. The Morgan fingerprint density at radius 2 is 1.56 bits per heavy atom. The molecule has 5 atom stereocenters. The molecule has 0 aromatic heterocycles. The Labute approximate surface area is 231 Å². The first kappa shape index (κ1) is 27.9. The van der Waals surface area contributed by atoms with Crippen LogP contribution < -0.4 is 16.4 Å². The summed E-state index contributed by atoms with van der Waals surface area (Å²) in [5, 5.41) is 5.92.